The van der Waals surface area contributed by atoms with Gasteiger partial charge in [0.2, 0.25) is 5.91 Å². The molecule has 1 aromatic rings. The van der Waals surface area contributed by atoms with Crippen LogP contribution in [0.1, 0.15) is 37.8 Å². The van der Waals surface area contributed by atoms with Crippen molar-refractivity contribution in [3.05, 3.63) is 35.6 Å². The van der Waals surface area contributed by atoms with Crippen molar-refractivity contribution in [3.63, 3.8) is 0 Å². The molecule has 3 N–H and O–H groups in total. The summed E-state index contributed by atoms with van der Waals surface area (Å²) in [6, 6.07) is 5.89. The third-order valence-electron chi connectivity index (χ3n) is 3.83. The molecule has 0 radical (unpaired) electrons. The standard InChI is InChI=1S/C14H17FN2OS/c1-9(10-3-5-11(15)6-4-10)17-13(18)14(12(16)19)7-2-8-14/h3-6,9H,2,7-8H2,1H3,(H2,16,19)(H,17,18). The molecule has 1 unspecified atom stereocenters. The third-order valence-corrected chi connectivity index (χ3v) is 4.22. The van der Waals surface area contributed by atoms with E-state index < -0.39 is 5.41 Å². The van der Waals surface area contributed by atoms with Gasteiger partial charge in [-0.1, -0.05) is 30.8 Å². The van der Waals surface area contributed by atoms with Crippen molar-refractivity contribution in [2.75, 3.05) is 0 Å². The summed E-state index contributed by atoms with van der Waals surface area (Å²) < 4.78 is 12.9. The second kappa shape index (κ2) is 5.25. The van der Waals surface area contributed by atoms with Gasteiger partial charge in [0, 0.05) is 0 Å². The van der Waals surface area contributed by atoms with E-state index in [1.54, 1.807) is 12.1 Å². The summed E-state index contributed by atoms with van der Waals surface area (Å²) in [4.78, 5) is 12.6. The number of thiocarbonyl (C=S) groups is 1. The smallest absolute Gasteiger partial charge is 0.233 e. The van der Waals surface area contributed by atoms with E-state index in [0.29, 0.717) is 12.8 Å². The summed E-state index contributed by atoms with van der Waals surface area (Å²) in [6.07, 6.45) is 2.39. The van der Waals surface area contributed by atoms with Crippen LogP contribution in [0.3, 0.4) is 0 Å². The van der Waals surface area contributed by atoms with Crippen LogP contribution in [0.5, 0.6) is 0 Å². The maximum Gasteiger partial charge on any atom is 0.233 e. The lowest BCUT2D eigenvalue weighted by atomic mass is 9.68. The van der Waals surface area contributed by atoms with Gasteiger partial charge in [-0.05, 0) is 37.5 Å². The van der Waals surface area contributed by atoms with Gasteiger partial charge < -0.3 is 11.1 Å². The number of hydrogen-bond donors (Lipinski definition) is 2. The summed E-state index contributed by atoms with van der Waals surface area (Å²) in [6.45, 7) is 1.86. The molecule has 0 aliphatic heterocycles. The van der Waals surface area contributed by atoms with E-state index in [2.05, 4.69) is 5.32 Å². The van der Waals surface area contributed by atoms with Crippen LogP contribution < -0.4 is 11.1 Å². The second-order valence-electron chi connectivity index (χ2n) is 5.05. The van der Waals surface area contributed by atoms with Gasteiger partial charge in [0.25, 0.3) is 0 Å². The summed E-state index contributed by atoms with van der Waals surface area (Å²) in [5, 5.41) is 2.91. The average molecular weight is 280 g/mol. The molecule has 0 heterocycles. The summed E-state index contributed by atoms with van der Waals surface area (Å²) in [7, 11) is 0. The first-order chi connectivity index (χ1) is 8.95. The number of nitrogens with one attached hydrogen (secondary N) is 1. The fraction of sp³-hybridized carbons (Fsp3) is 0.429. The first kappa shape index (κ1) is 13.9. The zero-order valence-electron chi connectivity index (χ0n) is 10.8. The van der Waals surface area contributed by atoms with Gasteiger partial charge in [-0.2, -0.15) is 0 Å². The Bertz CT molecular complexity index is 497. The van der Waals surface area contributed by atoms with Crippen LogP contribution >= 0.6 is 12.2 Å². The Kier molecular flexibility index (Phi) is 3.85. The molecular weight excluding hydrogens is 263 g/mol. The minimum atomic E-state index is -0.677. The van der Waals surface area contributed by atoms with Crippen LogP contribution in [0.4, 0.5) is 4.39 Å². The quantitative estimate of drug-likeness (QED) is 0.833. The van der Waals surface area contributed by atoms with E-state index in [9.17, 15) is 9.18 Å². The number of nitrogens with two attached hydrogens (primary N) is 1. The van der Waals surface area contributed by atoms with Crippen molar-refractivity contribution in [2.45, 2.75) is 32.2 Å². The first-order valence-electron chi connectivity index (χ1n) is 6.32. The van der Waals surface area contributed by atoms with E-state index >= 15 is 0 Å². The number of halogens is 1. The minimum Gasteiger partial charge on any atom is -0.392 e. The van der Waals surface area contributed by atoms with Gasteiger partial charge >= 0.3 is 0 Å². The molecule has 19 heavy (non-hydrogen) atoms. The van der Waals surface area contributed by atoms with Gasteiger partial charge in [-0.25, -0.2) is 4.39 Å². The zero-order valence-corrected chi connectivity index (χ0v) is 11.6. The molecule has 102 valence electrons. The lowest BCUT2D eigenvalue weighted by Crippen LogP contribution is -2.53. The van der Waals surface area contributed by atoms with Crippen molar-refractivity contribution in [3.8, 4) is 0 Å². The molecule has 1 aromatic carbocycles. The molecule has 0 saturated heterocycles. The Labute approximate surface area is 117 Å². The Morgan fingerprint density at radius 2 is 2.00 bits per heavy atom. The number of amides is 1. The molecule has 1 amide bonds. The third kappa shape index (κ3) is 2.61. The summed E-state index contributed by atoms with van der Waals surface area (Å²) >= 11 is 5.01. The van der Waals surface area contributed by atoms with Crippen molar-refractivity contribution in [1.29, 1.82) is 0 Å². The van der Waals surface area contributed by atoms with Gasteiger partial charge in [0.1, 0.15) is 5.82 Å². The van der Waals surface area contributed by atoms with Crippen molar-refractivity contribution in [2.24, 2.45) is 11.1 Å². The molecule has 3 nitrogen and oxygen atoms in total. The maximum absolute atomic E-state index is 12.9. The SMILES string of the molecule is CC(NC(=O)C1(C(N)=S)CCC1)c1ccc(F)cc1. The first-order valence-corrected chi connectivity index (χ1v) is 6.73. The number of rotatable bonds is 4. The Hall–Kier alpha value is -1.49. The van der Waals surface area contributed by atoms with Crippen molar-refractivity contribution in [1.82, 2.24) is 5.32 Å². The predicted molar refractivity (Wildman–Crippen MR) is 76.0 cm³/mol. The molecule has 1 saturated carbocycles. The minimum absolute atomic E-state index is 0.122. The highest BCUT2D eigenvalue weighted by atomic mass is 32.1. The number of benzene rings is 1. The van der Waals surface area contributed by atoms with Gasteiger partial charge in [-0.15, -0.1) is 0 Å². The fourth-order valence-electron chi connectivity index (χ4n) is 2.29. The monoisotopic (exact) mass is 280 g/mol. The summed E-state index contributed by atoms with van der Waals surface area (Å²) in [5.74, 6) is -0.413. The van der Waals surface area contributed by atoms with E-state index in [1.165, 1.54) is 12.1 Å². The van der Waals surface area contributed by atoms with E-state index in [1.807, 2.05) is 6.92 Å². The lowest BCUT2D eigenvalue weighted by molar-refractivity contribution is -0.131. The maximum atomic E-state index is 12.9. The molecule has 1 aliphatic rings. The van der Waals surface area contributed by atoms with Crippen LogP contribution in [-0.4, -0.2) is 10.9 Å². The molecule has 5 heteroatoms. The van der Waals surface area contributed by atoms with Crippen LogP contribution in [0.15, 0.2) is 24.3 Å². The molecule has 0 spiro atoms. The largest absolute Gasteiger partial charge is 0.392 e. The molecule has 1 aliphatic carbocycles. The van der Waals surface area contributed by atoms with Gasteiger partial charge in [0.15, 0.2) is 0 Å². The predicted octanol–water partition coefficient (Wildman–Crippen LogP) is 2.46. The van der Waals surface area contributed by atoms with Crippen LogP contribution in [0.2, 0.25) is 0 Å². The molecule has 0 aromatic heterocycles. The van der Waals surface area contributed by atoms with E-state index in [4.69, 9.17) is 18.0 Å². The van der Waals surface area contributed by atoms with Crippen LogP contribution in [-0.2, 0) is 4.79 Å². The van der Waals surface area contributed by atoms with Crippen molar-refractivity contribution < 1.29 is 9.18 Å². The Morgan fingerprint density at radius 3 is 2.42 bits per heavy atom. The van der Waals surface area contributed by atoms with E-state index in [-0.39, 0.29) is 22.8 Å². The number of hydrogen-bond acceptors (Lipinski definition) is 2. The van der Waals surface area contributed by atoms with Crippen LogP contribution in [0.25, 0.3) is 0 Å². The summed E-state index contributed by atoms with van der Waals surface area (Å²) in [5.41, 5.74) is 5.87. The lowest BCUT2D eigenvalue weighted by Gasteiger charge is -2.39. The molecule has 0 bridgehead atoms. The zero-order chi connectivity index (χ0) is 14.0. The molecule has 2 rings (SSSR count). The average Bonchev–Trinajstić information content (AvgIpc) is 2.27. The van der Waals surface area contributed by atoms with Crippen LogP contribution in [0, 0.1) is 11.2 Å². The number of carbonyl (C=O) groups is 1. The molecule has 1 fully saturated rings. The highest BCUT2D eigenvalue weighted by Crippen LogP contribution is 2.41. The number of carbonyl (C=O) groups excluding carboxylic acids is 1. The van der Waals surface area contributed by atoms with Gasteiger partial charge in [0.05, 0.1) is 16.4 Å². The second-order valence-corrected chi connectivity index (χ2v) is 5.49. The highest BCUT2D eigenvalue weighted by molar-refractivity contribution is 7.80. The topological polar surface area (TPSA) is 55.1 Å². The molecule has 1 atom stereocenters. The highest BCUT2D eigenvalue weighted by Gasteiger charge is 2.47. The van der Waals surface area contributed by atoms with E-state index in [0.717, 1.165) is 12.0 Å². The Morgan fingerprint density at radius 1 is 1.42 bits per heavy atom. The fourth-order valence-corrected chi connectivity index (χ4v) is 2.58. The molecular formula is C14H17FN2OS. The van der Waals surface area contributed by atoms with Crippen molar-refractivity contribution >= 4 is 23.1 Å². The Balaban J connectivity index is 2.06. The normalized spacial score (nSPS) is 18.2. The van der Waals surface area contributed by atoms with Gasteiger partial charge in [-0.3, -0.25) is 4.79 Å².